The van der Waals surface area contributed by atoms with Gasteiger partial charge in [-0.1, -0.05) is 65.6 Å². The van der Waals surface area contributed by atoms with Gasteiger partial charge in [0.1, 0.15) is 11.1 Å². The Morgan fingerprint density at radius 2 is 1.87 bits per heavy atom. The van der Waals surface area contributed by atoms with Gasteiger partial charge < -0.3 is 15.0 Å². The van der Waals surface area contributed by atoms with Crippen LogP contribution in [0.3, 0.4) is 0 Å². The third-order valence-corrected chi connectivity index (χ3v) is 6.84. The van der Waals surface area contributed by atoms with Gasteiger partial charge in [0.05, 0.1) is 13.2 Å². The number of amides is 1. The van der Waals surface area contributed by atoms with Crippen LogP contribution in [0.1, 0.15) is 16.4 Å². The number of carbonyl (C=O) groups is 1. The lowest BCUT2D eigenvalue weighted by Crippen LogP contribution is -2.42. The van der Waals surface area contributed by atoms with Crippen molar-refractivity contribution in [2.75, 3.05) is 31.6 Å². The number of nitrogens with zero attached hydrogens (tertiary/aromatic N) is 3. The maximum atomic E-state index is 13.2. The zero-order valence-corrected chi connectivity index (χ0v) is 17.8. The fraction of sp³-hybridized carbons (Fsp3) is 0.286. The van der Waals surface area contributed by atoms with Crippen molar-refractivity contribution in [2.24, 2.45) is 0 Å². The van der Waals surface area contributed by atoms with Crippen molar-refractivity contribution in [1.29, 1.82) is 0 Å². The molecule has 156 valence electrons. The molecule has 30 heavy (non-hydrogen) atoms. The molecule has 6 nitrogen and oxygen atoms in total. The third kappa shape index (κ3) is 5.35. The van der Waals surface area contributed by atoms with Crippen molar-refractivity contribution in [3.8, 4) is 0 Å². The molecule has 0 spiro atoms. The number of aromatic nitrogens is 2. The Bertz CT molecular complexity index is 963. The van der Waals surface area contributed by atoms with E-state index in [9.17, 15) is 9.18 Å². The molecule has 1 aliphatic rings. The van der Waals surface area contributed by atoms with E-state index < -0.39 is 0 Å². The Kier molecular flexibility index (Phi) is 6.93. The van der Waals surface area contributed by atoms with Crippen LogP contribution in [-0.2, 0) is 16.1 Å². The summed E-state index contributed by atoms with van der Waals surface area (Å²) in [6, 6.07) is 16.1. The molecule has 9 heteroatoms. The van der Waals surface area contributed by atoms with Gasteiger partial charge in [-0.3, -0.25) is 4.79 Å². The molecule has 2 heterocycles. The van der Waals surface area contributed by atoms with Crippen molar-refractivity contribution in [2.45, 2.75) is 16.1 Å². The lowest BCUT2D eigenvalue weighted by Gasteiger charge is -2.30. The smallest absolute Gasteiger partial charge is 0.240 e. The van der Waals surface area contributed by atoms with E-state index in [0.717, 1.165) is 11.1 Å². The monoisotopic (exact) mass is 444 g/mol. The molecule has 0 unspecified atom stereocenters. The highest BCUT2D eigenvalue weighted by molar-refractivity contribution is 8.01. The highest BCUT2D eigenvalue weighted by Crippen LogP contribution is 2.39. The predicted molar refractivity (Wildman–Crippen MR) is 116 cm³/mol. The Morgan fingerprint density at radius 3 is 2.60 bits per heavy atom. The van der Waals surface area contributed by atoms with Crippen molar-refractivity contribution >= 4 is 34.1 Å². The molecule has 1 amide bonds. The summed E-state index contributed by atoms with van der Waals surface area (Å²) in [5, 5.41) is 11.9. The minimum Gasteiger partial charge on any atom is -0.378 e. The molecule has 0 radical (unpaired) electrons. The van der Waals surface area contributed by atoms with Gasteiger partial charge in [-0.05, 0) is 23.3 Å². The number of nitrogens with one attached hydrogen (secondary N) is 1. The molecule has 4 rings (SSSR count). The van der Waals surface area contributed by atoms with E-state index in [-0.39, 0.29) is 17.0 Å². The van der Waals surface area contributed by atoms with Crippen LogP contribution >= 0.6 is 23.1 Å². The second-order valence-corrected chi connectivity index (χ2v) is 9.03. The quantitative estimate of drug-likeness (QED) is 0.556. The molecule has 1 atom stereocenters. The van der Waals surface area contributed by atoms with Crippen molar-refractivity contribution in [3.63, 3.8) is 0 Å². The first-order chi connectivity index (χ1) is 14.7. The van der Waals surface area contributed by atoms with Gasteiger partial charge in [0.25, 0.3) is 0 Å². The van der Waals surface area contributed by atoms with Gasteiger partial charge in [-0.15, -0.1) is 10.2 Å². The Morgan fingerprint density at radius 1 is 1.13 bits per heavy atom. The highest BCUT2D eigenvalue weighted by atomic mass is 32.2. The summed E-state index contributed by atoms with van der Waals surface area (Å²) in [7, 11) is 0. The number of benzene rings is 2. The first kappa shape index (κ1) is 20.8. The Balaban J connectivity index is 1.45. The van der Waals surface area contributed by atoms with Crippen LogP contribution < -0.4 is 5.32 Å². The predicted octanol–water partition coefficient (Wildman–Crippen LogP) is 3.98. The summed E-state index contributed by atoms with van der Waals surface area (Å²) in [4.78, 5) is 15.1. The normalized spacial score (nSPS) is 15.0. The number of morpholine rings is 1. The van der Waals surface area contributed by atoms with Crippen molar-refractivity contribution in [1.82, 2.24) is 15.1 Å². The Hall–Kier alpha value is -2.49. The standard InChI is InChI=1S/C21H21FN4O2S2/c22-17-8-6-15(7-9-17)14-23-20-24-25-21(30-20)29-18(16-4-2-1-3-5-16)19(27)26-10-12-28-13-11-26/h1-9,18H,10-14H2,(H,23,24)/t18-/m1/s1. The highest BCUT2D eigenvalue weighted by Gasteiger charge is 2.29. The summed E-state index contributed by atoms with van der Waals surface area (Å²) >= 11 is 2.81. The summed E-state index contributed by atoms with van der Waals surface area (Å²) in [5.41, 5.74) is 1.89. The molecule has 2 aromatic carbocycles. The maximum Gasteiger partial charge on any atom is 0.240 e. The van der Waals surface area contributed by atoms with E-state index in [0.29, 0.717) is 42.3 Å². The van der Waals surface area contributed by atoms with E-state index in [1.165, 1.54) is 35.2 Å². The minimum atomic E-state index is -0.387. The number of thioether (sulfide) groups is 1. The molecule has 1 aromatic heterocycles. The molecular weight excluding hydrogens is 423 g/mol. The number of carbonyl (C=O) groups excluding carboxylic acids is 1. The molecule has 3 aromatic rings. The minimum absolute atomic E-state index is 0.0607. The molecule has 1 N–H and O–H groups in total. The fourth-order valence-corrected chi connectivity index (χ4v) is 5.07. The van der Waals surface area contributed by atoms with Crippen molar-refractivity contribution < 1.29 is 13.9 Å². The fourth-order valence-electron chi connectivity index (χ4n) is 3.05. The number of hydrogen-bond donors (Lipinski definition) is 1. The van der Waals surface area contributed by atoms with Gasteiger partial charge in [-0.25, -0.2) is 4.39 Å². The van der Waals surface area contributed by atoms with Gasteiger partial charge in [0, 0.05) is 19.6 Å². The SMILES string of the molecule is O=C([C@H](Sc1nnc(NCc2ccc(F)cc2)s1)c1ccccc1)N1CCOCC1. The lowest BCUT2D eigenvalue weighted by molar-refractivity contribution is -0.134. The first-order valence-electron chi connectivity index (χ1n) is 9.59. The zero-order valence-electron chi connectivity index (χ0n) is 16.2. The topological polar surface area (TPSA) is 67.4 Å². The summed E-state index contributed by atoms with van der Waals surface area (Å²) in [5.74, 6) is -0.198. The van der Waals surface area contributed by atoms with Crippen molar-refractivity contribution in [3.05, 3.63) is 71.5 Å². The molecule has 0 aliphatic carbocycles. The molecule has 0 bridgehead atoms. The van der Waals surface area contributed by atoms with Gasteiger partial charge in [-0.2, -0.15) is 0 Å². The number of hydrogen-bond acceptors (Lipinski definition) is 7. The van der Waals surface area contributed by atoms with E-state index in [4.69, 9.17) is 4.74 Å². The average molecular weight is 445 g/mol. The Labute approximate surface area is 182 Å². The number of halogens is 1. The van der Waals surface area contributed by atoms with E-state index in [1.54, 1.807) is 12.1 Å². The molecule has 0 saturated carbocycles. The van der Waals surface area contributed by atoms with E-state index >= 15 is 0 Å². The van der Waals surface area contributed by atoms with Crippen LogP contribution in [0.4, 0.5) is 9.52 Å². The second-order valence-electron chi connectivity index (χ2n) is 6.70. The molecule has 1 saturated heterocycles. The van der Waals surface area contributed by atoms with Crippen LogP contribution in [0.5, 0.6) is 0 Å². The van der Waals surface area contributed by atoms with Crippen LogP contribution in [0, 0.1) is 5.82 Å². The third-order valence-electron chi connectivity index (χ3n) is 4.63. The molecule has 1 fully saturated rings. The molecule has 1 aliphatic heterocycles. The summed E-state index contributed by atoms with van der Waals surface area (Å²) in [6.07, 6.45) is 0. The van der Waals surface area contributed by atoms with Crippen LogP contribution in [0.15, 0.2) is 58.9 Å². The zero-order chi connectivity index (χ0) is 20.8. The summed E-state index contributed by atoms with van der Waals surface area (Å²) in [6.45, 7) is 2.85. The number of rotatable bonds is 7. The van der Waals surface area contributed by atoms with Gasteiger partial charge >= 0.3 is 0 Å². The van der Waals surface area contributed by atoms with Crippen LogP contribution in [0.2, 0.25) is 0 Å². The number of anilines is 1. The van der Waals surface area contributed by atoms with Crippen LogP contribution in [0.25, 0.3) is 0 Å². The maximum absolute atomic E-state index is 13.2. The molecular formula is C21H21FN4O2S2. The van der Waals surface area contributed by atoms with Gasteiger partial charge in [0.15, 0.2) is 4.34 Å². The largest absolute Gasteiger partial charge is 0.378 e. The van der Waals surface area contributed by atoms with E-state index in [2.05, 4.69) is 15.5 Å². The summed E-state index contributed by atoms with van der Waals surface area (Å²) < 4.78 is 19.1. The lowest BCUT2D eigenvalue weighted by atomic mass is 10.1. The second kappa shape index (κ2) is 10.0. The van der Waals surface area contributed by atoms with Crippen LogP contribution in [-0.4, -0.2) is 47.3 Å². The van der Waals surface area contributed by atoms with E-state index in [1.807, 2.05) is 35.2 Å². The number of ether oxygens (including phenoxy) is 1. The van der Waals surface area contributed by atoms with Gasteiger partial charge in [0.2, 0.25) is 11.0 Å². The average Bonchev–Trinajstić information content (AvgIpc) is 3.25. The first-order valence-corrected chi connectivity index (χ1v) is 11.3.